The summed E-state index contributed by atoms with van der Waals surface area (Å²) in [4.78, 5) is 9.81. The molecule has 4 aromatic carbocycles. The zero-order valence-corrected chi connectivity index (χ0v) is 22.6. The number of aromatic nitrogens is 3. The summed E-state index contributed by atoms with van der Waals surface area (Å²) in [5.41, 5.74) is 10.3. The molecule has 0 aliphatic carbocycles. The molecule has 0 saturated heterocycles. The Morgan fingerprint density at radius 1 is 0.744 bits per heavy atom. The number of hydrogen-bond donors (Lipinski definition) is 0. The maximum Gasteiger partial charge on any atom is 0.151 e. The molecule has 0 saturated carbocycles. The standard InChI is InChI=1S/C35H29N3O/c1-22-14-16-25-26-20-36-21-27(33(26)39-32(25)18-22)34-37-29-12-8-9-13-31(29)38(34)30-17-15-24(19-28(30)35(2,3)4)23-10-6-5-7-11-23/h5-21H,1-4H3. The van der Waals surface area contributed by atoms with Gasteiger partial charge in [-0.15, -0.1) is 0 Å². The van der Waals surface area contributed by atoms with Gasteiger partial charge in [-0.05, 0) is 64.9 Å². The lowest BCUT2D eigenvalue weighted by Crippen LogP contribution is -2.16. The van der Waals surface area contributed by atoms with E-state index in [0.717, 1.165) is 55.6 Å². The lowest BCUT2D eigenvalue weighted by Gasteiger charge is -2.25. The predicted octanol–water partition coefficient (Wildman–Crippen LogP) is 9.26. The molecule has 0 N–H and O–H groups in total. The van der Waals surface area contributed by atoms with Crippen LogP contribution in [0.5, 0.6) is 0 Å². The van der Waals surface area contributed by atoms with Crippen LogP contribution >= 0.6 is 0 Å². The largest absolute Gasteiger partial charge is 0.455 e. The summed E-state index contributed by atoms with van der Waals surface area (Å²) in [6.07, 6.45) is 3.77. The first-order valence-corrected chi connectivity index (χ1v) is 13.3. The maximum atomic E-state index is 6.49. The molecule has 3 aromatic heterocycles. The number of hydrogen-bond acceptors (Lipinski definition) is 3. The highest BCUT2D eigenvalue weighted by atomic mass is 16.3. The van der Waals surface area contributed by atoms with Crippen molar-refractivity contribution in [2.24, 2.45) is 0 Å². The van der Waals surface area contributed by atoms with Crippen molar-refractivity contribution in [3.05, 3.63) is 115 Å². The Morgan fingerprint density at radius 2 is 1.54 bits per heavy atom. The normalized spacial score (nSPS) is 12.1. The second-order valence-corrected chi connectivity index (χ2v) is 11.3. The Kier molecular flexibility index (Phi) is 5.21. The summed E-state index contributed by atoms with van der Waals surface area (Å²) in [5.74, 6) is 0.822. The van der Waals surface area contributed by atoms with Gasteiger partial charge in [-0.3, -0.25) is 9.55 Å². The molecule has 0 atom stereocenters. The number of aryl methyl sites for hydroxylation is 1. The van der Waals surface area contributed by atoms with E-state index in [1.54, 1.807) is 0 Å². The summed E-state index contributed by atoms with van der Waals surface area (Å²) >= 11 is 0. The van der Waals surface area contributed by atoms with Crippen LogP contribution in [0.25, 0.3) is 61.2 Å². The van der Waals surface area contributed by atoms with E-state index in [-0.39, 0.29) is 5.41 Å². The minimum atomic E-state index is -0.107. The quantitative estimate of drug-likeness (QED) is 0.239. The third-order valence-electron chi connectivity index (χ3n) is 7.49. The Bertz CT molecular complexity index is 2010. The Balaban J connectivity index is 1.54. The van der Waals surface area contributed by atoms with Gasteiger partial charge in [-0.25, -0.2) is 4.98 Å². The SMILES string of the molecule is Cc1ccc2c(c1)oc1c(-c3nc4ccccc4n3-c3ccc(-c4ccccc4)cc3C(C)(C)C)cncc12. The van der Waals surface area contributed by atoms with Gasteiger partial charge in [0.1, 0.15) is 11.2 Å². The van der Waals surface area contributed by atoms with Gasteiger partial charge < -0.3 is 4.42 Å². The van der Waals surface area contributed by atoms with Gasteiger partial charge in [-0.1, -0.05) is 81.4 Å². The molecule has 0 spiro atoms. The van der Waals surface area contributed by atoms with Crippen LogP contribution < -0.4 is 0 Å². The van der Waals surface area contributed by atoms with Crippen molar-refractivity contribution in [2.45, 2.75) is 33.1 Å². The smallest absolute Gasteiger partial charge is 0.151 e. The first-order valence-electron chi connectivity index (χ1n) is 13.3. The molecular weight excluding hydrogens is 478 g/mol. The van der Waals surface area contributed by atoms with Gasteiger partial charge in [0, 0.05) is 23.2 Å². The fraction of sp³-hybridized carbons (Fsp3) is 0.143. The van der Waals surface area contributed by atoms with Crippen LogP contribution in [0.15, 0.2) is 108 Å². The summed E-state index contributed by atoms with van der Waals surface area (Å²) in [7, 11) is 0. The summed E-state index contributed by atoms with van der Waals surface area (Å²) < 4.78 is 8.76. The minimum Gasteiger partial charge on any atom is -0.455 e. The lowest BCUT2D eigenvalue weighted by molar-refractivity contribution is 0.587. The fourth-order valence-electron chi connectivity index (χ4n) is 5.55. The molecule has 0 radical (unpaired) electrons. The van der Waals surface area contributed by atoms with E-state index in [1.807, 2.05) is 18.5 Å². The van der Waals surface area contributed by atoms with Gasteiger partial charge in [0.2, 0.25) is 0 Å². The van der Waals surface area contributed by atoms with Crippen LogP contribution in [0, 0.1) is 6.92 Å². The van der Waals surface area contributed by atoms with Crippen molar-refractivity contribution >= 4 is 33.0 Å². The molecule has 0 amide bonds. The number of imidazole rings is 1. The maximum absolute atomic E-state index is 6.49. The van der Waals surface area contributed by atoms with Gasteiger partial charge in [0.25, 0.3) is 0 Å². The number of furan rings is 1. The number of fused-ring (bicyclic) bond motifs is 4. The monoisotopic (exact) mass is 507 g/mol. The second-order valence-electron chi connectivity index (χ2n) is 11.3. The third kappa shape index (κ3) is 3.83. The minimum absolute atomic E-state index is 0.107. The first-order chi connectivity index (χ1) is 18.9. The summed E-state index contributed by atoms with van der Waals surface area (Å²) in [6.45, 7) is 8.88. The van der Waals surface area contributed by atoms with Gasteiger partial charge in [-0.2, -0.15) is 0 Å². The van der Waals surface area contributed by atoms with Gasteiger partial charge >= 0.3 is 0 Å². The lowest BCUT2D eigenvalue weighted by atomic mass is 9.84. The Morgan fingerprint density at radius 3 is 2.36 bits per heavy atom. The average molecular weight is 508 g/mol. The van der Waals surface area contributed by atoms with Crippen LogP contribution in [-0.4, -0.2) is 14.5 Å². The number of rotatable bonds is 3. The van der Waals surface area contributed by atoms with E-state index in [2.05, 4.69) is 122 Å². The number of para-hydroxylation sites is 2. The van der Waals surface area contributed by atoms with Crippen LogP contribution in [0.1, 0.15) is 31.9 Å². The predicted molar refractivity (Wildman–Crippen MR) is 160 cm³/mol. The zero-order valence-electron chi connectivity index (χ0n) is 22.6. The Hall–Kier alpha value is -4.70. The molecule has 39 heavy (non-hydrogen) atoms. The molecule has 0 aliphatic heterocycles. The molecular formula is C35H29N3O. The molecule has 0 fully saturated rings. The van der Waals surface area contributed by atoms with Gasteiger partial charge in [0.15, 0.2) is 5.82 Å². The first kappa shape index (κ1) is 23.4. The van der Waals surface area contributed by atoms with Crippen molar-refractivity contribution < 1.29 is 4.42 Å². The third-order valence-corrected chi connectivity index (χ3v) is 7.49. The van der Waals surface area contributed by atoms with Gasteiger partial charge in [0.05, 0.1) is 22.3 Å². The molecule has 0 bridgehead atoms. The topological polar surface area (TPSA) is 43.9 Å². The Labute approximate surface area is 227 Å². The molecule has 4 nitrogen and oxygen atoms in total. The number of pyridine rings is 1. The van der Waals surface area contributed by atoms with Crippen LogP contribution in [0.3, 0.4) is 0 Å². The van der Waals surface area contributed by atoms with E-state index in [4.69, 9.17) is 9.40 Å². The second kappa shape index (κ2) is 8.67. The zero-order chi connectivity index (χ0) is 26.7. The van der Waals surface area contributed by atoms with Crippen LogP contribution in [0.4, 0.5) is 0 Å². The molecule has 190 valence electrons. The average Bonchev–Trinajstić information content (AvgIpc) is 3.50. The van der Waals surface area contributed by atoms with Crippen molar-refractivity contribution in [3.63, 3.8) is 0 Å². The van der Waals surface area contributed by atoms with Crippen LogP contribution in [-0.2, 0) is 5.41 Å². The van der Waals surface area contributed by atoms with E-state index in [1.165, 1.54) is 16.7 Å². The van der Waals surface area contributed by atoms with E-state index in [9.17, 15) is 0 Å². The summed E-state index contributed by atoms with van der Waals surface area (Å²) in [5, 5.41) is 2.06. The highest BCUT2D eigenvalue weighted by Gasteiger charge is 2.25. The van der Waals surface area contributed by atoms with Crippen molar-refractivity contribution in [3.8, 4) is 28.2 Å². The van der Waals surface area contributed by atoms with Crippen molar-refractivity contribution in [1.29, 1.82) is 0 Å². The molecule has 0 aliphatic rings. The highest BCUT2D eigenvalue weighted by Crippen LogP contribution is 2.40. The van der Waals surface area contributed by atoms with E-state index < -0.39 is 0 Å². The van der Waals surface area contributed by atoms with Crippen LogP contribution in [0.2, 0.25) is 0 Å². The summed E-state index contributed by atoms with van der Waals surface area (Å²) in [6, 6.07) is 32.0. The van der Waals surface area contributed by atoms with E-state index in [0.29, 0.717) is 0 Å². The van der Waals surface area contributed by atoms with Crippen molar-refractivity contribution in [2.75, 3.05) is 0 Å². The molecule has 3 heterocycles. The number of nitrogens with zero attached hydrogens (tertiary/aromatic N) is 3. The number of benzene rings is 4. The fourth-order valence-corrected chi connectivity index (χ4v) is 5.55. The molecule has 7 aromatic rings. The van der Waals surface area contributed by atoms with E-state index >= 15 is 0 Å². The molecule has 4 heteroatoms. The molecule has 0 unspecified atom stereocenters. The highest BCUT2D eigenvalue weighted by molar-refractivity contribution is 6.09. The molecule has 7 rings (SSSR count). The van der Waals surface area contributed by atoms with Crippen molar-refractivity contribution in [1.82, 2.24) is 14.5 Å².